The number of hydrogen-bond donors (Lipinski definition) is 0. The maximum atomic E-state index is 3.66. The van der Waals surface area contributed by atoms with Crippen molar-refractivity contribution in [3.8, 4) is 0 Å². The van der Waals surface area contributed by atoms with Crippen LogP contribution in [0, 0.1) is 0 Å². The molecule has 1 rings (SSSR count). The van der Waals surface area contributed by atoms with Crippen LogP contribution >= 0.6 is 0 Å². The van der Waals surface area contributed by atoms with Crippen molar-refractivity contribution < 1.29 is 11.0 Å². The first-order valence-corrected chi connectivity index (χ1v) is 3.22. The summed E-state index contributed by atoms with van der Waals surface area (Å²) in [4.78, 5) is 0. The monoisotopic (exact) mass is 166 g/mol. The molecule has 0 aliphatic carbocycles. The van der Waals surface area contributed by atoms with Crippen molar-refractivity contribution in [1.29, 1.82) is 0 Å². The molecule has 0 saturated carbocycles. The zero-order valence-electron chi connectivity index (χ0n) is 6.88. The van der Waals surface area contributed by atoms with Gasteiger partial charge < -0.3 is 11.0 Å². The third kappa shape index (κ3) is 3.14. The van der Waals surface area contributed by atoms with E-state index in [-0.39, 0.29) is 11.0 Å². The van der Waals surface area contributed by atoms with E-state index in [1.54, 1.807) is 0 Å². The van der Waals surface area contributed by atoms with Gasteiger partial charge in [-0.2, -0.15) is 0 Å². The van der Waals surface area contributed by atoms with Crippen molar-refractivity contribution in [2.75, 3.05) is 0 Å². The summed E-state index contributed by atoms with van der Waals surface area (Å²) in [6, 6.07) is 8.07. The Bertz CT molecular complexity index is 210. The molecule has 0 fully saturated rings. The molecule has 2 nitrogen and oxygen atoms in total. The van der Waals surface area contributed by atoms with Crippen molar-refractivity contribution in [1.82, 2.24) is 0 Å². The molecule has 0 aliphatic heterocycles. The molecule has 0 atom stereocenters. The summed E-state index contributed by atoms with van der Waals surface area (Å²) in [7, 11) is 0. The van der Waals surface area contributed by atoms with E-state index >= 15 is 0 Å². The van der Waals surface area contributed by atoms with Crippen molar-refractivity contribution in [3.05, 3.63) is 48.6 Å². The standard InChI is InChI=1S/C10H10.2H2O/c1-3-9-5-7-10(4-2)8-6-9;;/h3-8H,1-2H2;2*1H2. The Morgan fingerprint density at radius 2 is 1.00 bits per heavy atom. The van der Waals surface area contributed by atoms with E-state index < -0.39 is 0 Å². The van der Waals surface area contributed by atoms with Gasteiger partial charge in [0.05, 0.1) is 0 Å². The minimum atomic E-state index is 0. The second-order valence-corrected chi connectivity index (χ2v) is 2.07. The molecule has 2 heteroatoms. The number of rotatable bonds is 2. The zero-order valence-corrected chi connectivity index (χ0v) is 6.88. The van der Waals surface area contributed by atoms with E-state index in [1.165, 1.54) is 0 Å². The third-order valence-electron chi connectivity index (χ3n) is 1.41. The fourth-order valence-electron chi connectivity index (χ4n) is 0.768. The highest BCUT2D eigenvalue weighted by Gasteiger charge is 1.84. The lowest BCUT2D eigenvalue weighted by Crippen LogP contribution is -1.71. The normalized spacial score (nSPS) is 7.33. The molecule has 0 amide bonds. The molecular formula is C10H14O2. The van der Waals surface area contributed by atoms with Gasteiger partial charge in [-0.3, -0.25) is 0 Å². The highest BCUT2D eigenvalue weighted by molar-refractivity contribution is 5.53. The number of hydrogen-bond acceptors (Lipinski definition) is 0. The third-order valence-corrected chi connectivity index (χ3v) is 1.41. The van der Waals surface area contributed by atoms with E-state index in [0.29, 0.717) is 0 Å². The van der Waals surface area contributed by atoms with Gasteiger partial charge in [-0.1, -0.05) is 49.6 Å². The van der Waals surface area contributed by atoms with Crippen LogP contribution in [0.1, 0.15) is 11.1 Å². The van der Waals surface area contributed by atoms with Gasteiger partial charge in [0.15, 0.2) is 0 Å². The van der Waals surface area contributed by atoms with Crippen LogP contribution < -0.4 is 0 Å². The van der Waals surface area contributed by atoms with Gasteiger partial charge in [-0.15, -0.1) is 0 Å². The van der Waals surface area contributed by atoms with Gasteiger partial charge in [0.25, 0.3) is 0 Å². The fourth-order valence-corrected chi connectivity index (χ4v) is 0.768. The Hall–Kier alpha value is -1.38. The predicted molar refractivity (Wildman–Crippen MR) is 53.9 cm³/mol. The Morgan fingerprint density at radius 3 is 1.17 bits per heavy atom. The van der Waals surface area contributed by atoms with Crippen LogP contribution in [0.15, 0.2) is 37.4 Å². The highest BCUT2D eigenvalue weighted by Crippen LogP contribution is 2.05. The Labute approximate surface area is 72.5 Å². The van der Waals surface area contributed by atoms with Gasteiger partial charge in [0.2, 0.25) is 0 Å². The van der Waals surface area contributed by atoms with Crippen LogP contribution in [0.5, 0.6) is 0 Å². The highest BCUT2D eigenvalue weighted by atomic mass is 16.0. The first kappa shape index (κ1) is 13.2. The van der Waals surface area contributed by atoms with Gasteiger partial charge in [0.1, 0.15) is 0 Å². The molecule has 0 saturated heterocycles. The molecule has 1 aromatic rings. The van der Waals surface area contributed by atoms with E-state index in [4.69, 9.17) is 0 Å². The molecule has 12 heavy (non-hydrogen) atoms. The smallest absolute Gasteiger partial charge is 0.0262 e. The van der Waals surface area contributed by atoms with E-state index in [2.05, 4.69) is 13.2 Å². The lowest BCUT2D eigenvalue weighted by molar-refractivity contribution is 0.823. The van der Waals surface area contributed by atoms with Crippen LogP contribution in [0.3, 0.4) is 0 Å². The first-order chi connectivity index (χ1) is 4.86. The lowest BCUT2D eigenvalue weighted by Gasteiger charge is -1.92. The summed E-state index contributed by atoms with van der Waals surface area (Å²) in [6.45, 7) is 7.32. The second-order valence-electron chi connectivity index (χ2n) is 2.07. The summed E-state index contributed by atoms with van der Waals surface area (Å²) < 4.78 is 0. The SMILES string of the molecule is C=Cc1ccc(C=C)cc1.O.O. The molecule has 1 aromatic carbocycles. The van der Waals surface area contributed by atoms with Crippen molar-refractivity contribution in [2.24, 2.45) is 0 Å². The summed E-state index contributed by atoms with van der Waals surface area (Å²) in [6.07, 6.45) is 3.65. The maximum Gasteiger partial charge on any atom is -0.0262 e. The van der Waals surface area contributed by atoms with Crippen LogP contribution in [0.2, 0.25) is 0 Å². The van der Waals surface area contributed by atoms with Gasteiger partial charge >= 0.3 is 0 Å². The van der Waals surface area contributed by atoms with Crippen LogP contribution in [0.4, 0.5) is 0 Å². The van der Waals surface area contributed by atoms with Crippen LogP contribution in [0.25, 0.3) is 12.2 Å². The number of benzene rings is 1. The molecule has 0 heterocycles. The zero-order chi connectivity index (χ0) is 7.40. The van der Waals surface area contributed by atoms with E-state index in [1.807, 2.05) is 36.4 Å². The minimum absolute atomic E-state index is 0. The van der Waals surface area contributed by atoms with Gasteiger partial charge in [-0.25, -0.2) is 0 Å². The molecule has 0 unspecified atom stereocenters. The molecule has 0 bridgehead atoms. The lowest BCUT2D eigenvalue weighted by atomic mass is 10.1. The second kappa shape index (κ2) is 6.34. The average Bonchev–Trinajstić information content (AvgIpc) is 2.05. The summed E-state index contributed by atoms with van der Waals surface area (Å²) >= 11 is 0. The Kier molecular flexibility index (Phi) is 6.99. The van der Waals surface area contributed by atoms with E-state index in [9.17, 15) is 0 Å². The minimum Gasteiger partial charge on any atom is -0.412 e. The van der Waals surface area contributed by atoms with Crippen molar-refractivity contribution >= 4 is 12.2 Å². The molecular weight excluding hydrogens is 152 g/mol. The largest absolute Gasteiger partial charge is 0.412 e. The van der Waals surface area contributed by atoms with Crippen molar-refractivity contribution in [2.45, 2.75) is 0 Å². The summed E-state index contributed by atoms with van der Waals surface area (Å²) in [5.74, 6) is 0. The Morgan fingerprint density at radius 1 is 0.750 bits per heavy atom. The van der Waals surface area contributed by atoms with E-state index in [0.717, 1.165) is 11.1 Å². The van der Waals surface area contributed by atoms with Gasteiger partial charge in [0, 0.05) is 0 Å². The predicted octanol–water partition coefficient (Wildman–Crippen LogP) is 1.32. The molecule has 4 N–H and O–H groups in total. The quantitative estimate of drug-likeness (QED) is 0.636. The molecule has 66 valence electrons. The Balaban J connectivity index is 0. The first-order valence-electron chi connectivity index (χ1n) is 3.22. The van der Waals surface area contributed by atoms with Gasteiger partial charge in [-0.05, 0) is 11.1 Å². The molecule has 0 spiro atoms. The summed E-state index contributed by atoms with van der Waals surface area (Å²) in [5, 5.41) is 0. The van der Waals surface area contributed by atoms with Crippen LogP contribution in [-0.2, 0) is 0 Å². The summed E-state index contributed by atoms with van der Waals surface area (Å²) in [5.41, 5.74) is 2.29. The topological polar surface area (TPSA) is 63.0 Å². The molecule has 0 aromatic heterocycles. The maximum absolute atomic E-state index is 3.66. The van der Waals surface area contributed by atoms with Crippen LogP contribution in [-0.4, -0.2) is 11.0 Å². The van der Waals surface area contributed by atoms with Crippen molar-refractivity contribution in [3.63, 3.8) is 0 Å². The average molecular weight is 166 g/mol. The molecule has 0 radical (unpaired) electrons. The molecule has 0 aliphatic rings. The fraction of sp³-hybridized carbons (Fsp3) is 0.